The van der Waals surface area contributed by atoms with E-state index in [0.717, 1.165) is 31.4 Å². The quantitative estimate of drug-likeness (QED) is 0.524. The number of unbranched alkanes of at least 4 members (excludes halogenated alkanes) is 1. The largest absolute Gasteiger partial charge is 0.466 e. The lowest BCUT2D eigenvalue weighted by Gasteiger charge is -2.06. The molecule has 0 spiro atoms. The summed E-state index contributed by atoms with van der Waals surface area (Å²) in [6, 6.07) is 0. The number of ether oxygens (including phenoxy) is 1. The average molecular weight is 252 g/mol. The third kappa shape index (κ3) is 4.31. The van der Waals surface area contributed by atoms with Gasteiger partial charge in [-0.25, -0.2) is 4.98 Å². The monoisotopic (exact) mass is 252 g/mol. The van der Waals surface area contributed by atoms with Gasteiger partial charge < -0.3 is 9.30 Å². The molecule has 0 bridgehead atoms. The van der Waals surface area contributed by atoms with Gasteiger partial charge in [0.1, 0.15) is 11.5 Å². The Morgan fingerprint density at radius 1 is 1.50 bits per heavy atom. The van der Waals surface area contributed by atoms with Gasteiger partial charge >= 0.3 is 5.97 Å². The molecule has 0 unspecified atom stereocenters. The van der Waals surface area contributed by atoms with Gasteiger partial charge in [-0.2, -0.15) is 0 Å². The minimum absolute atomic E-state index is 0.222. The summed E-state index contributed by atoms with van der Waals surface area (Å²) in [7, 11) is 0. The van der Waals surface area contributed by atoms with Crippen molar-refractivity contribution in [1.82, 2.24) is 9.55 Å². The lowest BCUT2D eigenvalue weighted by molar-refractivity contribution is -0.143. The second kappa shape index (κ2) is 7.63. The fourth-order valence-corrected chi connectivity index (χ4v) is 1.71. The summed E-state index contributed by atoms with van der Waals surface area (Å²) < 4.78 is 6.75. The normalized spacial score (nSPS) is 10.3. The highest BCUT2D eigenvalue weighted by molar-refractivity contribution is 5.71. The smallest absolute Gasteiger partial charge is 0.307 e. The number of hydrogen-bond acceptors (Lipinski definition) is 4. The number of rotatable bonds is 8. The number of hydrogen-bond donors (Lipinski definition) is 0. The Balaban J connectivity index is 2.64. The molecule has 1 heterocycles. The van der Waals surface area contributed by atoms with Crippen LogP contribution in [0.2, 0.25) is 0 Å². The Kier molecular flexibility index (Phi) is 6.11. The number of aldehydes is 1. The van der Waals surface area contributed by atoms with Crippen molar-refractivity contribution in [3.63, 3.8) is 0 Å². The Morgan fingerprint density at radius 3 is 2.89 bits per heavy atom. The highest BCUT2D eigenvalue weighted by Gasteiger charge is 2.09. The van der Waals surface area contributed by atoms with E-state index in [1.165, 1.54) is 0 Å². The van der Waals surface area contributed by atoms with Crippen molar-refractivity contribution in [3.8, 4) is 0 Å². The molecule has 0 saturated heterocycles. The molecule has 18 heavy (non-hydrogen) atoms. The summed E-state index contributed by atoms with van der Waals surface area (Å²) in [5, 5.41) is 0. The fraction of sp³-hybridized carbons (Fsp3) is 0.615. The molecular weight excluding hydrogens is 232 g/mol. The summed E-state index contributed by atoms with van der Waals surface area (Å²) in [5.74, 6) is 0.642. The summed E-state index contributed by atoms with van der Waals surface area (Å²) in [6.07, 6.45) is 5.65. The van der Waals surface area contributed by atoms with E-state index in [-0.39, 0.29) is 5.97 Å². The van der Waals surface area contributed by atoms with Crippen LogP contribution in [0.4, 0.5) is 0 Å². The van der Waals surface area contributed by atoms with Crippen LogP contribution >= 0.6 is 0 Å². The number of aromatic nitrogens is 2. The second-order valence-electron chi connectivity index (χ2n) is 4.05. The van der Waals surface area contributed by atoms with Gasteiger partial charge in [0.25, 0.3) is 0 Å². The average Bonchev–Trinajstić information content (AvgIpc) is 2.76. The molecule has 1 rings (SSSR count). The standard InChI is InChI=1S/C13H20N2O3/c1-3-5-6-12-14-11(10-16)9-15(12)8-7-13(17)18-4-2/h9-10H,3-8H2,1-2H3. The van der Waals surface area contributed by atoms with E-state index in [0.29, 0.717) is 25.3 Å². The van der Waals surface area contributed by atoms with Crippen molar-refractivity contribution < 1.29 is 14.3 Å². The van der Waals surface area contributed by atoms with E-state index in [9.17, 15) is 9.59 Å². The third-order valence-electron chi connectivity index (χ3n) is 2.61. The lowest BCUT2D eigenvalue weighted by atomic mass is 10.2. The van der Waals surface area contributed by atoms with E-state index in [1.807, 2.05) is 4.57 Å². The Labute approximate surface area is 107 Å². The zero-order valence-electron chi connectivity index (χ0n) is 11.0. The van der Waals surface area contributed by atoms with Crippen LogP contribution < -0.4 is 0 Å². The van der Waals surface area contributed by atoms with Gasteiger partial charge in [0, 0.05) is 19.2 Å². The number of imidazole rings is 1. The first-order valence-corrected chi connectivity index (χ1v) is 6.38. The van der Waals surface area contributed by atoms with Crippen molar-refractivity contribution >= 4 is 12.3 Å². The molecule has 5 heteroatoms. The molecule has 1 aromatic rings. The Bertz CT molecular complexity index is 399. The summed E-state index contributed by atoms with van der Waals surface area (Å²) >= 11 is 0. The van der Waals surface area contributed by atoms with Gasteiger partial charge in [-0.1, -0.05) is 13.3 Å². The van der Waals surface area contributed by atoms with Crippen LogP contribution in [0.3, 0.4) is 0 Å². The van der Waals surface area contributed by atoms with E-state index >= 15 is 0 Å². The van der Waals surface area contributed by atoms with Crippen LogP contribution in [-0.2, 0) is 22.5 Å². The van der Waals surface area contributed by atoms with Crippen molar-refractivity contribution in [2.24, 2.45) is 0 Å². The predicted octanol–water partition coefficient (Wildman–Crippen LogP) is 1.99. The molecule has 0 amide bonds. The zero-order chi connectivity index (χ0) is 13.4. The molecular formula is C13H20N2O3. The minimum atomic E-state index is -0.222. The van der Waals surface area contributed by atoms with E-state index in [1.54, 1.807) is 13.1 Å². The van der Waals surface area contributed by atoms with Crippen LogP contribution in [-0.4, -0.2) is 28.4 Å². The maximum absolute atomic E-state index is 11.3. The van der Waals surface area contributed by atoms with Gasteiger partial charge in [0.15, 0.2) is 6.29 Å². The molecule has 100 valence electrons. The van der Waals surface area contributed by atoms with Crippen LogP contribution in [0.1, 0.15) is 49.4 Å². The van der Waals surface area contributed by atoms with Gasteiger partial charge in [-0.05, 0) is 13.3 Å². The maximum atomic E-state index is 11.3. The van der Waals surface area contributed by atoms with Gasteiger partial charge in [0.2, 0.25) is 0 Å². The second-order valence-corrected chi connectivity index (χ2v) is 4.05. The molecule has 0 N–H and O–H groups in total. The molecule has 5 nitrogen and oxygen atoms in total. The molecule has 0 aliphatic heterocycles. The molecule has 0 radical (unpaired) electrons. The number of nitrogens with zero attached hydrogens (tertiary/aromatic N) is 2. The van der Waals surface area contributed by atoms with Crippen LogP contribution in [0.15, 0.2) is 6.20 Å². The van der Waals surface area contributed by atoms with E-state index < -0.39 is 0 Å². The number of carbonyl (C=O) groups excluding carboxylic acids is 2. The molecule has 1 aromatic heterocycles. The van der Waals surface area contributed by atoms with Crippen molar-refractivity contribution in [2.75, 3.05) is 6.61 Å². The lowest BCUT2D eigenvalue weighted by Crippen LogP contribution is -2.10. The summed E-state index contributed by atoms with van der Waals surface area (Å²) in [4.78, 5) is 26.2. The first-order valence-electron chi connectivity index (χ1n) is 6.38. The van der Waals surface area contributed by atoms with Crippen molar-refractivity contribution in [3.05, 3.63) is 17.7 Å². The van der Waals surface area contributed by atoms with Gasteiger partial charge in [-0.15, -0.1) is 0 Å². The van der Waals surface area contributed by atoms with E-state index in [2.05, 4.69) is 11.9 Å². The van der Waals surface area contributed by atoms with Crippen molar-refractivity contribution in [1.29, 1.82) is 0 Å². The van der Waals surface area contributed by atoms with Crippen molar-refractivity contribution in [2.45, 2.75) is 46.1 Å². The summed E-state index contributed by atoms with van der Waals surface area (Å²) in [6.45, 7) is 4.79. The predicted molar refractivity (Wildman–Crippen MR) is 67.5 cm³/mol. The first kappa shape index (κ1) is 14.4. The molecule has 0 atom stereocenters. The Hall–Kier alpha value is -1.65. The molecule has 0 saturated carbocycles. The number of esters is 1. The molecule has 0 aromatic carbocycles. The van der Waals surface area contributed by atoms with E-state index in [4.69, 9.17) is 4.74 Å². The fourth-order valence-electron chi connectivity index (χ4n) is 1.71. The molecule has 0 fully saturated rings. The van der Waals surface area contributed by atoms with Crippen LogP contribution in [0.5, 0.6) is 0 Å². The van der Waals surface area contributed by atoms with Crippen LogP contribution in [0, 0.1) is 0 Å². The number of carbonyl (C=O) groups is 2. The zero-order valence-corrected chi connectivity index (χ0v) is 11.0. The van der Waals surface area contributed by atoms with Gasteiger partial charge in [-0.3, -0.25) is 9.59 Å². The highest BCUT2D eigenvalue weighted by Crippen LogP contribution is 2.07. The molecule has 0 aliphatic carbocycles. The third-order valence-corrected chi connectivity index (χ3v) is 2.61. The maximum Gasteiger partial charge on any atom is 0.307 e. The first-order chi connectivity index (χ1) is 8.71. The highest BCUT2D eigenvalue weighted by atomic mass is 16.5. The van der Waals surface area contributed by atoms with Crippen LogP contribution in [0.25, 0.3) is 0 Å². The molecule has 0 aliphatic rings. The Morgan fingerprint density at radius 2 is 2.28 bits per heavy atom. The topological polar surface area (TPSA) is 61.2 Å². The number of aryl methyl sites for hydroxylation is 2. The minimum Gasteiger partial charge on any atom is -0.466 e. The SMILES string of the molecule is CCCCc1nc(C=O)cn1CCC(=O)OCC. The summed E-state index contributed by atoms with van der Waals surface area (Å²) in [5.41, 5.74) is 0.421. The van der Waals surface area contributed by atoms with Gasteiger partial charge in [0.05, 0.1) is 13.0 Å².